The number of rotatable bonds is 16. The van der Waals surface area contributed by atoms with Crippen LogP contribution in [-0.2, 0) is 28.0 Å². The molecular weight excluding hydrogens is 769 g/mol. The van der Waals surface area contributed by atoms with E-state index < -0.39 is 29.7 Å². The SMILES string of the molecule is COc1cc(-c2cn(C)c(=O)c3cnccc23)cc(OC)c1CN(C)CC(=O)NCCCCCOc1ccc(-c2ccc3c(c2)C(=O)N(C2CCC(=O)NC2=O)C3=O)cc1. The summed E-state index contributed by atoms with van der Waals surface area (Å²) < 4.78 is 19.1. The van der Waals surface area contributed by atoms with Crippen molar-refractivity contribution in [3.8, 4) is 39.5 Å². The summed E-state index contributed by atoms with van der Waals surface area (Å²) in [6.45, 7) is 1.60. The predicted molar refractivity (Wildman–Crippen MR) is 223 cm³/mol. The van der Waals surface area contributed by atoms with Crippen LogP contribution in [0.2, 0.25) is 0 Å². The van der Waals surface area contributed by atoms with E-state index in [0.717, 1.165) is 57.4 Å². The normalized spacial score (nSPS) is 15.0. The van der Waals surface area contributed by atoms with Crippen molar-refractivity contribution in [2.24, 2.45) is 7.05 Å². The molecule has 0 aliphatic carbocycles. The lowest BCUT2D eigenvalue weighted by molar-refractivity contribution is -0.136. The number of nitrogens with one attached hydrogen (secondary N) is 2. The fourth-order valence-electron chi connectivity index (χ4n) is 7.68. The summed E-state index contributed by atoms with van der Waals surface area (Å²) in [6.07, 6.45) is 7.62. The first-order valence-corrected chi connectivity index (χ1v) is 19.7. The minimum atomic E-state index is -1.01. The van der Waals surface area contributed by atoms with Crippen LogP contribution >= 0.6 is 0 Å². The molecule has 15 nitrogen and oxygen atoms in total. The van der Waals surface area contributed by atoms with Gasteiger partial charge in [0.15, 0.2) is 0 Å². The minimum Gasteiger partial charge on any atom is -0.496 e. The first-order chi connectivity index (χ1) is 29.0. The molecule has 0 bridgehead atoms. The lowest BCUT2D eigenvalue weighted by atomic mass is 9.99. The summed E-state index contributed by atoms with van der Waals surface area (Å²) in [6, 6.07) is 17.1. The second kappa shape index (κ2) is 18.0. The van der Waals surface area contributed by atoms with E-state index in [2.05, 4.69) is 15.6 Å². The van der Waals surface area contributed by atoms with E-state index in [-0.39, 0.29) is 42.0 Å². The van der Waals surface area contributed by atoms with Gasteiger partial charge in [0, 0.05) is 50.7 Å². The number of amides is 5. The Balaban J connectivity index is 0.846. The van der Waals surface area contributed by atoms with Crippen LogP contribution in [0.4, 0.5) is 0 Å². The molecule has 2 N–H and O–H groups in total. The quantitative estimate of drug-likeness (QED) is 0.106. The molecule has 310 valence electrons. The number of carbonyl (C=O) groups excluding carboxylic acids is 5. The van der Waals surface area contributed by atoms with Gasteiger partial charge < -0.3 is 24.1 Å². The molecule has 0 saturated carbocycles. The zero-order chi connectivity index (χ0) is 42.5. The van der Waals surface area contributed by atoms with Crippen LogP contribution in [0.15, 0.2) is 84.0 Å². The van der Waals surface area contributed by atoms with Gasteiger partial charge in [0.25, 0.3) is 17.4 Å². The number of pyridine rings is 2. The van der Waals surface area contributed by atoms with E-state index in [1.54, 1.807) is 58.1 Å². The van der Waals surface area contributed by atoms with Crippen molar-refractivity contribution < 1.29 is 38.2 Å². The molecule has 3 aromatic carbocycles. The van der Waals surface area contributed by atoms with Crippen molar-refractivity contribution >= 4 is 40.3 Å². The molecular formula is C45H46N6O9. The Kier molecular flexibility index (Phi) is 12.4. The van der Waals surface area contributed by atoms with Crippen LogP contribution in [0, 0.1) is 0 Å². The van der Waals surface area contributed by atoms with Crippen LogP contribution in [-0.4, -0.2) is 95.9 Å². The van der Waals surface area contributed by atoms with E-state index in [1.165, 1.54) is 4.57 Å². The molecule has 1 fully saturated rings. The molecule has 2 aromatic heterocycles. The number of piperidine rings is 1. The number of hydrogen-bond donors (Lipinski definition) is 2. The van der Waals surface area contributed by atoms with E-state index in [0.29, 0.717) is 42.3 Å². The highest BCUT2D eigenvalue weighted by atomic mass is 16.5. The van der Waals surface area contributed by atoms with E-state index in [9.17, 15) is 28.8 Å². The fourth-order valence-corrected chi connectivity index (χ4v) is 7.68. The molecule has 4 heterocycles. The molecule has 0 spiro atoms. The van der Waals surface area contributed by atoms with E-state index in [1.807, 2.05) is 54.4 Å². The highest BCUT2D eigenvalue weighted by molar-refractivity contribution is 6.23. The summed E-state index contributed by atoms with van der Waals surface area (Å²) in [4.78, 5) is 82.8. The van der Waals surface area contributed by atoms with Crippen molar-refractivity contribution in [1.82, 2.24) is 30.0 Å². The predicted octanol–water partition coefficient (Wildman–Crippen LogP) is 4.48. The molecule has 5 amide bonds. The molecule has 1 saturated heterocycles. The Morgan fingerprint density at radius 3 is 2.28 bits per heavy atom. The Bertz CT molecular complexity index is 2530. The highest BCUT2D eigenvalue weighted by Gasteiger charge is 2.44. The van der Waals surface area contributed by atoms with Gasteiger partial charge in [-0.3, -0.25) is 48.9 Å². The maximum Gasteiger partial charge on any atom is 0.262 e. The highest BCUT2D eigenvalue weighted by Crippen LogP contribution is 2.38. The average molecular weight is 815 g/mol. The number of carbonyl (C=O) groups is 5. The van der Waals surface area contributed by atoms with Gasteiger partial charge in [0.05, 0.1) is 49.4 Å². The van der Waals surface area contributed by atoms with Crippen molar-refractivity contribution in [3.05, 3.63) is 106 Å². The number of fused-ring (bicyclic) bond motifs is 2. The topological polar surface area (TPSA) is 178 Å². The average Bonchev–Trinajstić information content (AvgIpc) is 3.49. The van der Waals surface area contributed by atoms with E-state index in [4.69, 9.17) is 14.2 Å². The van der Waals surface area contributed by atoms with Gasteiger partial charge in [-0.25, -0.2) is 0 Å². The smallest absolute Gasteiger partial charge is 0.262 e. The molecule has 60 heavy (non-hydrogen) atoms. The number of benzene rings is 3. The Hall–Kier alpha value is -6.87. The summed E-state index contributed by atoms with van der Waals surface area (Å²) >= 11 is 0. The Labute approximate surface area is 346 Å². The van der Waals surface area contributed by atoms with Gasteiger partial charge >= 0.3 is 0 Å². The minimum absolute atomic E-state index is 0.0623. The second-order valence-corrected chi connectivity index (χ2v) is 14.9. The number of likely N-dealkylation sites (N-methyl/N-ethyl adjacent to an activating group) is 1. The standard InChI is InChI=1S/C45H46N6O9/c1-49(24-36-38(58-3)21-29(22-39(36)59-4)35-25-50(2)43(55)34-23-46-18-16-31(34)35)26-41(53)47-17-6-5-7-19-60-30-11-8-27(9-12-30)28-10-13-32-33(20-28)45(57)51(44(32)56)37-14-15-40(52)48-42(37)54/h8-13,16,18,20-23,25,37H,5-7,14-15,17,19,24,26H2,1-4H3,(H,47,53)(H,48,52,54). The number of imide groups is 2. The molecule has 0 radical (unpaired) electrons. The summed E-state index contributed by atoms with van der Waals surface area (Å²) in [5.74, 6) is -0.361. The number of nitrogens with zero attached hydrogens (tertiary/aromatic N) is 4. The summed E-state index contributed by atoms with van der Waals surface area (Å²) in [7, 11) is 6.75. The number of aryl methyl sites for hydroxylation is 1. The molecule has 2 aliphatic heterocycles. The fraction of sp³-hybridized carbons (Fsp3) is 0.311. The third-order valence-corrected chi connectivity index (χ3v) is 10.8. The van der Waals surface area contributed by atoms with Crippen LogP contribution in [0.25, 0.3) is 33.0 Å². The molecule has 7 rings (SSSR count). The third-order valence-electron chi connectivity index (χ3n) is 10.8. The van der Waals surface area contributed by atoms with Crippen molar-refractivity contribution in [2.75, 3.05) is 41.0 Å². The van der Waals surface area contributed by atoms with E-state index >= 15 is 0 Å². The largest absolute Gasteiger partial charge is 0.496 e. The second-order valence-electron chi connectivity index (χ2n) is 14.9. The number of ether oxygens (including phenoxy) is 3. The molecule has 15 heteroatoms. The number of unbranched alkanes of at least 4 members (excludes halogenated alkanes) is 2. The van der Waals surface area contributed by atoms with Crippen molar-refractivity contribution in [2.45, 2.75) is 44.7 Å². The molecule has 2 aliphatic rings. The first-order valence-electron chi connectivity index (χ1n) is 19.7. The molecule has 5 aromatic rings. The molecule has 1 atom stereocenters. The van der Waals surface area contributed by atoms with Crippen LogP contribution in [0.5, 0.6) is 17.2 Å². The van der Waals surface area contributed by atoms with Gasteiger partial charge in [-0.2, -0.15) is 0 Å². The van der Waals surface area contributed by atoms with Gasteiger partial charge in [-0.05, 0) is 97.3 Å². The molecule has 1 unspecified atom stereocenters. The monoisotopic (exact) mass is 814 g/mol. The Morgan fingerprint density at radius 1 is 0.850 bits per heavy atom. The van der Waals surface area contributed by atoms with Gasteiger partial charge in [0.2, 0.25) is 17.7 Å². The summed E-state index contributed by atoms with van der Waals surface area (Å²) in [5, 5.41) is 6.50. The first kappa shape index (κ1) is 41.3. The zero-order valence-corrected chi connectivity index (χ0v) is 33.9. The maximum atomic E-state index is 13.2. The summed E-state index contributed by atoms with van der Waals surface area (Å²) in [5.41, 5.74) is 4.33. The van der Waals surface area contributed by atoms with Crippen LogP contribution < -0.4 is 30.4 Å². The Morgan fingerprint density at radius 2 is 1.57 bits per heavy atom. The van der Waals surface area contributed by atoms with Crippen LogP contribution in [0.3, 0.4) is 0 Å². The number of aromatic nitrogens is 2. The van der Waals surface area contributed by atoms with Crippen molar-refractivity contribution in [3.63, 3.8) is 0 Å². The van der Waals surface area contributed by atoms with Crippen LogP contribution in [0.1, 0.15) is 58.4 Å². The van der Waals surface area contributed by atoms with Gasteiger partial charge in [0.1, 0.15) is 23.3 Å². The number of hydrogen-bond acceptors (Lipinski definition) is 11. The lowest BCUT2D eigenvalue weighted by Gasteiger charge is -2.27. The van der Waals surface area contributed by atoms with Crippen molar-refractivity contribution in [1.29, 1.82) is 0 Å². The number of methoxy groups -OCH3 is 2. The maximum absolute atomic E-state index is 13.2. The zero-order valence-electron chi connectivity index (χ0n) is 33.9. The van der Waals surface area contributed by atoms with Gasteiger partial charge in [-0.15, -0.1) is 0 Å². The van der Waals surface area contributed by atoms with Gasteiger partial charge in [-0.1, -0.05) is 18.2 Å². The third kappa shape index (κ3) is 8.61. The lowest BCUT2D eigenvalue weighted by Crippen LogP contribution is -2.54.